The van der Waals surface area contributed by atoms with Crippen molar-refractivity contribution >= 4 is 66.1 Å². The van der Waals surface area contributed by atoms with E-state index < -0.39 is 16.1 Å². The Bertz CT molecular complexity index is 2000. The van der Waals surface area contributed by atoms with Gasteiger partial charge in [0.2, 0.25) is 0 Å². The second kappa shape index (κ2) is 10.2. The van der Waals surface area contributed by atoms with Crippen molar-refractivity contribution in [1.29, 1.82) is 0 Å². The van der Waals surface area contributed by atoms with Crippen molar-refractivity contribution in [3.05, 3.63) is 90.0 Å². The summed E-state index contributed by atoms with van der Waals surface area (Å²) in [6.07, 6.45) is 0. The van der Waals surface area contributed by atoms with E-state index in [0.717, 1.165) is 5.39 Å². The lowest BCUT2D eigenvalue weighted by atomic mass is 10.0. The number of azo groups is 2. The van der Waals surface area contributed by atoms with E-state index in [4.69, 9.17) is 5.73 Å². The molecule has 0 unspecified atom stereocenters. The normalized spacial score (nSPS) is 12.2. The summed E-state index contributed by atoms with van der Waals surface area (Å²) in [7, 11) is -4.53. The molecule has 0 bridgehead atoms. The van der Waals surface area contributed by atoms with Crippen molar-refractivity contribution in [2.24, 2.45) is 20.5 Å². The molecule has 0 saturated carbocycles. The Kier molecular flexibility index (Phi) is 6.71. The summed E-state index contributed by atoms with van der Waals surface area (Å²) >= 11 is 0. The van der Waals surface area contributed by atoms with Gasteiger partial charge in [0, 0.05) is 21.8 Å². The number of hydrogen-bond acceptors (Lipinski definition) is 9. The zero-order valence-electron chi connectivity index (χ0n) is 20.8. The molecule has 0 spiro atoms. The first-order valence-electron chi connectivity index (χ1n) is 11.7. The lowest BCUT2D eigenvalue weighted by molar-refractivity contribution is 0.0697. The smallest absolute Gasteiger partial charge is 0.335 e. The van der Waals surface area contributed by atoms with Gasteiger partial charge >= 0.3 is 5.97 Å². The molecule has 0 aromatic heterocycles. The van der Waals surface area contributed by atoms with Crippen LogP contribution < -0.4 is 5.73 Å². The fraction of sp³-hybridized carbons (Fsp3) is 0.0357. The third kappa shape index (κ3) is 5.21. The first-order valence-corrected chi connectivity index (χ1v) is 13.2. The summed E-state index contributed by atoms with van der Waals surface area (Å²) in [6.45, 7) is 1.77. The first kappa shape index (κ1) is 26.4. The molecule has 5 aromatic carbocycles. The number of phenolic OH excluding ortho intramolecular Hbond substituents is 1. The molecule has 0 amide bonds. The van der Waals surface area contributed by atoms with Gasteiger partial charge in [-0.2, -0.15) is 13.5 Å². The van der Waals surface area contributed by atoms with E-state index in [1.807, 2.05) is 6.07 Å². The molecule has 5 aromatic rings. The molecule has 0 saturated heterocycles. The Morgan fingerprint density at radius 2 is 1.52 bits per heavy atom. The van der Waals surface area contributed by atoms with Gasteiger partial charge in [0.05, 0.1) is 27.5 Å². The molecule has 0 fully saturated rings. The lowest BCUT2D eigenvalue weighted by Gasteiger charge is -2.09. The summed E-state index contributed by atoms with van der Waals surface area (Å²) < 4.78 is 33.3. The summed E-state index contributed by atoms with van der Waals surface area (Å²) in [5, 5.41) is 39.0. The zero-order chi connectivity index (χ0) is 28.6. The van der Waals surface area contributed by atoms with E-state index in [1.54, 1.807) is 37.3 Å². The van der Waals surface area contributed by atoms with Crippen molar-refractivity contribution < 1.29 is 28.0 Å². The van der Waals surface area contributed by atoms with Crippen molar-refractivity contribution in [3.8, 4) is 5.75 Å². The van der Waals surface area contributed by atoms with Gasteiger partial charge in [-0.3, -0.25) is 4.55 Å². The van der Waals surface area contributed by atoms with Gasteiger partial charge in [-0.05, 0) is 78.5 Å². The number of carboxylic acids is 1. The molecular formula is C28H21N5O6S. The Hall–Kier alpha value is -5.20. The number of aryl methyl sites for hydroxylation is 1. The van der Waals surface area contributed by atoms with Crippen LogP contribution in [0.1, 0.15) is 15.9 Å². The number of rotatable bonds is 6. The van der Waals surface area contributed by atoms with Crippen LogP contribution in [0.2, 0.25) is 0 Å². The van der Waals surface area contributed by atoms with Crippen LogP contribution in [0.25, 0.3) is 21.5 Å². The number of nitrogen functional groups attached to an aromatic ring is 1. The van der Waals surface area contributed by atoms with Gasteiger partial charge in [-0.15, -0.1) is 15.3 Å². The molecular weight excluding hydrogens is 534 g/mol. The second-order valence-corrected chi connectivity index (χ2v) is 10.3. The van der Waals surface area contributed by atoms with Gasteiger partial charge in [-0.25, -0.2) is 4.79 Å². The SMILES string of the molecule is Cc1cc2ccc(N)cc2c(O)c1N=Nc1ccc(N=Nc2cccc(C(=O)O)c2)c2ccc(S(=O)(=O)O)cc12. The van der Waals surface area contributed by atoms with Crippen LogP contribution in [0.4, 0.5) is 28.4 Å². The topological polar surface area (TPSA) is 187 Å². The van der Waals surface area contributed by atoms with Crippen LogP contribution in [0.3, 0.4) is 0 Å². The molecule has 0 heterocycles. The van der Waals surface area contributed by atoms with Crippen molar-refractivity contribution in [2.45, 2.75) is 11.8 Å². The number of phenols is 1. The standard InChI is InChI=1S/C28H21N5O6S/c1-15-11-16-5-6-18(29)13-22(16)27(34)26(15)33-32-25-10-9-24(21-8-7-20(14-23(21)25)40(37,38)39)31-30-19-4-2-3-17(12-19)28(35)36/h2-14,34H,29H2,1H3,(H,35,36)(H,37,38,39). The number of aromatic hydroxyl groups is 1. The molecule has 0 atom stereocenters. The van der Waals surface area contributed by atoms with E-state index in [0.29, 0.717) is 33.4 Å². The van der Waals surface area contributed by atoms with Gasteiger partial charge < -0.3 is 15.9 Å². The van der Waals surface area contributed by atoms with Gasteiger partial charge in [0.1, 0.15) is 5.69 Å². The molecule has 12 heteroatoms. The minimum atomic E-state index is -4.53. The molecule has 200 valence electrons. The highest BCUT2D eigenvalue weighted by atomic mass is 32.2. The van der Waals surface area contributed by atoms with Crippen LogP contribution in [0.5, 0.6) is 5.75 Å². The Morgan fingerprint density at radius 1 is 0.800 bits per heavy atom. The highest BCUT2D eigenvalue weighted by Crippen LogP contribution is 2.41. The van der Waals surface area contributed by atoms with Crippen molar-refractivity contribution in [3.63, 3.8) is 0 Å². The number of fused-ring (bicyclic) bond motifs is 2. The summed E-state index contributed by atoms with van der Waals surface area (Å²) in [6, 6.07) is 19.9. The summed E-state index contributed by atoms with van der Waals surface area (Å²) in [5.41, 5.74) is 8.11. The van der Waals surface area contributed by atoms with E-state index in [-0.39, 0.29) is 33.0 Å². The molecule has 5 rings (SSSR count). The van der Waals surface area contributed by atoms with Crippen LogP contribution in [0.15, 0.2) is 104 Å². The highest BCUT2D eigenvalue weighted by molar-refractivity contribution is 7.85. The number of hydrogen-bond donors (Lipinski definition) is 4. The van der Waals surface area contributed by atoms with E-state index in [2.05, 4.69) is 20.5 Å². The fourth-order valence-corrected chi connectivity index (χ4v) is 4.70. The van der Waals surface area contributed by atoms with Gasteiger partial charge in [0.15, 0.2) is 5.75 Å². The monoisotopic (exact) mass is 555 g/mol. The minimum absolute atomic E-state index is 0.0461. The van der Waals surface area contributed by atoms with E-state index in [9.17, 15) is 28.0 Å². The van der Waals surface area contributed by atoms with Gasteiger partial charge in [-0.1, -0.05) is 18.2 Å². The Morgan fingerprint density at radius 3 is 2.25 bits per heavy atom. The molecule has 11 nitrogen and oxygen atoms in total. The Labute approximate surface area is 227 Å². The number of benzene rings is 5. The average Bonchev–Trinajstić information content (AvgIpc) is 2.92. The van der Waals surface area contributed by atoms with E-state index in [1.165, 1.54) is 42.5 Å². The third-order valence-electron chi connectivity index (χ3n) is 6.17. The molecule has 0 radical (unpaired) electrons. The number of anilines is 1. The molecule has 5 N–H and O–H groups in total. The molecule has 0 aliphatic rings. The second-order valence-electron chi connectivity index (χ2n) is 8.91. The molecule has 0 aliphatic carbocycles. The highest BCUT2D eigenvalue weighted by Gasteiger charge is 2.15. The number of carbonyl (C=O) groups is 1. The maximum atomic E-state index is 11.9. The third-order valence-corrected chi connectivity index (χ3v) is 7.02. The predicted octanol–water partition coefficient (Wildman–Crippen LogP) is 7.36. The van der Waals surface area contributed by atoms with Crippen LogP contribution in [0, 0.1) is 6.92 Å². The van der Waals surface area contributed by atoms with Crippen LogP contribution in [-0.2, 0) is 10.1 Å². The first-order chi connectivity index (χ1) is 19.0. The largest absolute Gasteiger partial charge is 0.505 e. The van der Waals surface area contributed by atoms with Crippen LogP contribution in [-0.4, -0.2) is 29.2 Å². The van der Waals surface area contributed by atoms with Crippen molar-refractivity contribution in [2.75, 3.05) is 5.73 Å². The summed E-state index contributed by atoms with van der Waals surface area (Å²) in [4.78, 5) is 10.9. The predicted molar refractivity (Wildman–Crippen MR) is 150 cm³/mol. The Balaban J connectivity index is 1.63. The summed E-state index contributed by atoms with van der Waals surface area (Å²) in [5.74, 6) is -1.21. The maximum absolute atomic E-state index is 11.9. The quantitative estimate of drug-likeness (QED) is 0.0955. The molecule has 0 aliphatic heterocycles. The number of nitrogens with two attached hydrogens (primary N) is 1. The zero-order valence-corrected chi connectivity index (χ0v) is 21.7. The number of nitrogens with zero attached hydrogens (tertiary/aromatic N) is 4. The van der Waals surface area contributed by atoms with E-state index >= 15 is 0 Å². The van der Waals surface area contributed by atoms with Crippen LogP contribution >= 0.6 is 0 Å². The number of carboxylic acid groups (broad SMARTS) is 1. The lowest BCUT2D eigenvalue weighted by Crippen LogP contribution is -1.97. The average molecular weight is 556 g/mol. The maximum Gasteiger partial charge on any atom is 0.335 e. The minimum Gasteiger partial charge on any atom is -0.505 e. The molecule has 40 heavy (non-hydrogen) atoms. The van der Waals surface area contributed by atoms with Crippen molar-refractivity contribution in [1.82, 2.24) is 0 Å². The fourth-order valence-electron chi connectivity index (χ4n) is 4.19. The van der Waals surface area contributed by atoms with Gasteiger partial charge in [0.25, 0.3) is 10.1 Å². The number of aromatic carboxylic acids is 1.